The van der Waals surface area contributed by atoms with Crippen molar-refractivity contribution in [1.29, 1.82) is 0 Å². The molecule has 0 aliphatic rings. The van der Waals surface area contributed by atoms with E-state index in [9.17, 15) is 9.59 Å². The summed E-state index contributed by atoms with van der Waals surface area (Å²) in [6, 6.07) is 12.7. The molecule has 2 N–H and O–H groups in total. The third kappa shape index (κ3) is 3.75. The molecular formula is C17H16N4O2S. The van der Waals surface area contributed by atoms with Crippen LogP contribution in [0, 0.1) is 6.92 Å². The van der Waals surface area contributed by atoms with Crippen LogP contribution in [0.15, 0.2) is 47.3 Å². The van der Waals surface area contributed by atoms with E-state index >= 15 is 0 Å². The molecule has 3 aromatic rings. The molecule has 1 aromatic carbocycles. The van der Waals surface area contributed by atoms with E-state index in [-0.39, 0.29) is 17.2 Å². The number of nitrogens with zero attached hydrogens (tertiary/aromatic N) is 2. The highest BCUT2D eigenvalue weighted by atomic mass is 32.1. The summed E-state index contributed by atoms with van der Waals surface area (Å²) in [5, 5.41) is 9.69. The van der Waals surface area contributed by atoms with Gasteiger partial charge in [0.25, 0.3) is 11.5 Å². The van der Waals surface area contributed by atoms with E-state index in [1.165, 1.54) is 12.1 Å². The fraction of sp³-hybridized carbons (Fsp3) is 0.176. The number of aryl methyl sites for hydroxylation is 1. The zero-order chi connectivity index (χ0) is 16.9. The van der Waals surface area contributed by atoms with Gasteiger partial charge in [0.1, 0.15) is 5.69 Å². The van der Waals surface area contributed by atoms with Gasteiger partial charge in [-0.15, -0.1) is 11.3 Å². The minimum Gasteiger partial charge on any atom is -0.350 e. The van der Waals surface area contributed by atoms with Crippen molar-refractivity contribution >= 4 is 17.2 Å². The number of hydrogen-bond donors (Lipinski definition) is 2. The molecule has 1 amide bonds. The van der Waals surface area contributed by atoms with Crippen molar-refractivity contribution in [3.63, 3.8) is 0 Å². The summed E-state index contributed by atoms with van der Waals surface area (Å²) in [7, 11) is 0. The van der Waals surface area contributed by atoms with Gasteiger partial charge in [-0.2, -0.15) is 5.10 Å². The van der Waals surface area contributed by atoms with Crippen molar-refractivity contribution in [2.24, 2.45) is 0 Å². The first-order valence-corrected chi connectivity index (χ1v) is 8.31. The molecule has 0 unspecified atom stereocenters. The summed E-state index contributed by atoms with van der Waals surface area (Å²) in [4.78, 5) is 28.7. The molecule has 0 aliphatic heterocycles. The van der Waals surface area contributed by atoms with Gasteiger partial charge in [0.05, 0.1) is 10.7 Å². The van der Waals surface area contributed by atoms with E-state index in [4.69, 9.17) is 0 Å². The first-order chi connectivity index (χ1) is 11.6. The molecular weight excluding hydrogens is 324 g/mol. The Morgan fingerprint density at radius 1 is 1.21 bits per heavy atom. The van der Waals surface area contributed by atoms with Crippen LogP contribution in [-0.2, 0) is 6.42 Å². The smallest absolute Gasteiger partial charge is 0.271 e. The largest absolute Gasteiger partial charge is 0.350 e. The third-order valence-corrected chi connectivity index (χ3v) is 4.45. The molecule has 0 saturated heterocycles. The molecule has 122 valence electrons. The minimum absolute atomic E-state index is 0.190. The predicted octanol–water partition coefficient (Wildman–Crippen LogP) is 2.17. The van der Waals surface area contributed by atoms with E-state index in [0.29, 0.717) is 13.0 Å². The Morgan fingerprint density at radius 3 is 2.71 bits per heavy atom. The topological polar surface area (TPSA) is 87.7 Å². The van der Waals surface area contributed by atoms with Crippen molar-refractivity contribution < 1.29 is 4.79 Å². The number of carbonyl (C=O) groups is 1. The highest BCUT2D eigenvalue weighted by Gasteiger charge is 2.11. The number of benzene rings is 1. The van der Waals surface area contributed by atoms with Gasteiger partial charge in [0, 0.05) is 29.5 Å². The van der Waals surface area contributed by atoms with Gasteiger partial charge >= 0.3 is 0 Å². The first kappa shape index (κ1) is 16.1. The summed E-state index contributed by atoms with van der Waals surface area (Å²) in [5.74, 6) is -0.317. The van der Waals surface area contributed by atoms with Crippen LogP contribution in [0.4, 0.5) is 0 Å². The maximum atomic E-state index is 11.9. The SMILES string of the molecule is Cc1sc(CCNC(=O)c2ccc(=O)[nH]n2)nc1-c1ccccc1. The minimum atomic E-state index is -0.335. The maximum absolute atomic E-state index is 11.9. The summed E-state index contributed by atoms with van der Waals surface area (Å²) in [6.07, 6.45) is 0.646. The fourth-order valence-corrected chi connectivity index (χ4v) is 3.22. The van der Waals surface area contributed by atoms with E-state index in [1.807, 2.05) is 37.3 Å². The van der Waals surface area contributed by atoms with E-state index in [2.05, 4.69) is 20.5 Å². The van der Waals surface area contributed by atoms with Gasteiger partial charge in [0.2, 0.25) is 0 Å². The molecule has 0 spiro atoms. The van der Waals surface area contributed by atoms with Crippen LogP contribution in [0.5, 0.6) is 0 Å². The molecule has 24 heavy (non-hydrogen) atoms. The van der Waals surface area contributed by atoms with Gasteiger partial charge in [-0.05, 0) is 13.0 Å². The number of aromatic amines is 1. The highest BCUT2D eigenvalue weighted by Crippen LogP contribution is 2.27. The molecule has 3 rings (SSSR count). The average molecular weight is 340 g/mol. The van der Waals surface area contributed by atoms with Gasteiger partial charge in [-0.25, -0.2) is 10.1 Å². The number of aromatic nitrogens is 3. The molecule has 0 saturated carbocycles. The van der Waals surface area contributed by atoms with Crippen LogP contribution in [0.1, 0.15) is 20.4 Å². The Kier molecular flexibility index (Phi) is 4.81. The lowest BCUT2D eigenvalue weighted by Gasteiger charge is -2.02. The van der Waals surface area contributed by atoms with Crippen LogP contribution in [-0.4, -0.2) is 27.6 Å². The lowest BCUT2D eigenvalue weighted by atomic mass is 10.1. The van der Waals surface area contributed by atoms with Gasteiger partial charge in [-0.1, -0.05) is 30.3 Å². The highest BCUT2D eigenvalue weighted by molar-refractivity contribution is 7.12. The Morgan fingerprint density at radius 2 is 2.00 bits per heavy atom. The van der Waals surface area contributed by atoms with Crippen LogP contribution >= 0.6 is 11.3 Å². The average Bonchev–Trinajstić information content (AvgIpc) is 2.97. The molecule has 2 aromatic heterocycles. The number of thiazole rings is 1. The van der Waals surface area contributed by atoms with Crippen LogP contribution in [0.2, 0.25) is 0 Å². The molecule has 6 nitrogen and oxygen atoms in total. The number of amides is 1. The van der Waals surface area contributed by atoms with Crippen LogP contribution in [0.25, 0.3) is 11.3 Å². The second-order valence-corrected chi connectivity index (χ2v) is 6.48. The van der Waals surface area contributed by atoms with Gasteiger partial charge < -0.3 is 5.32 Å². The van der Waals surface area contributed by atoms with Crippen LogP contribution < -0.4 is 10.9 Å². The van der Waals surface area contributed by atoms with Gasteiger partial charge in [0.15, 0.2) is 0 Å². The predicted molar refractivity (Wildman–Crippen MR) is 93.2 cm³/mol. The standard InChI is InChI=1S/C17H16N4O2S/c1-11-16(12-5-3-2-4-6-12)19-15(24-11)9-10-18-17(23)13-7-8-14(22)21-20-13/h2-8H,9-10H2,1H3,(H,18,23)(H,21,22). The second kappa shape index (κ2) is 7.18. The number of hydrogen-bond acceptors (Lipinski definition) is 5. The molecule has 2 heterocycles. The van der Waals surface area contributed by atoms with Crippen molar-refractivity contribution in [2.45, 2.75) is 13.3 Å². The van der Waals surface area contributed by atoms with E-state index < -0.39 is 0 Å². The van der Waals surface area contributed by atoms with E-state index in [1.54, 1.807) is 11.3 Å². The van der Waals surface area contributed by atoms with Gasteiger partial charge in [-0.3, -0.25) is 9.59 Å². The zero-order valence-corrected chi connectivity index (χ0v) is 13.9. The number of H-pyrrole nitrogens is 1. The molecule has 0 radical (unpaired) electrons. The molecule has 0 bridgehead atoms. The lowest BCUT2D eigenvalue weighted by molar-refractivity contribution is 0.0948. The Labute approximate surface area is 142 Å². The molecule has 0 fully saturated rings. The lowest BCUT2D eigenvalue weighted by Crippen LogP contribution is -2.27. The Hall–Kier alpha value is -2.80. The second-order valence-electron chi connectivity index (χ2n) is 5.19. The molecule has 7 heteroatoms. The fourth-order valence-electron chi connectivity index (χ4n) is 2.27. The van der Waals surface area contributed by atoms with Crippen molar-refractivity contribution in [3.8, 4) is 11.3 Å². The molecule has 0 atom stereocenters. The number of rotatable bonds is 5. The van der Waals surface area contributed by atoms with Crippen LogP contribution in [0.3, 0.4) is 0 Å². The third-order valence-electron chi connectivity index (χ3n) is 3.42. The Balaban J connectivity index is 1.60. The van der Waals surface area contributed by atoms with Crippen molar-refractivity contribution in [2.75, 3.05) is 6.54 Å². The maximum Gasteiger partial charge on any atom is 0.271 e. The number of carbonyl (C=O) groups excluding carboxylic acids is 1. The summed E-state index contributed by atoms with van der Waals surface area (Å²) in [6.45, 7) is 2.51. The zero-order valence-electron chi connectivity index (χ0n) is 13.1. The van der Waals surface area contributed by atoms with E-state index in [0.717, 1.165) is 21.1 Å². The molecule has 0 aliphatic carbocycles. The summed E-state index contributed by atoms with van der Waals surface area (Å²) in [5.41, 5.74) is 1.94. The number of nitrogens with one attached hydrogen (secondary N) is 2. The Bertz CT molecular complexity index is 882. The summed E-state index contributed by atoms with van der Waals surface area (Å²) < 4.78 is 0. The quantitative estimate of drug-likeness (QED) is 0.745. The van der Waals surface area contributed by atoms with Crippen molar-refractivity contribution in [1.82, 2.24) is 20.5 Å². The monoisotopic (exact) mass is 340 g/mol. The van der Waals surface area contributed by atoms with Crippen molar-refractivity contribution in [3.05, 3.63) is 68.4 Å². The normalized spacial score (nSPS) is 10.5. The first-order valence-electron chi connectivity index (χ1n) is 7.49. The summed E-state index contributed by atoms with van der Waals surface area (Å²) >= 11 is 1.63.